The van der Waals surface area contributed by atoms with Crippen LogP contribution in [0.15, 0.2) is 41.0 Å². The zero-order valence-corrected chi connectivity index (χ0v) is 12.9. The standard InChI is InChI=1S/C15H20BrNO/c1-11(2)17(12(3)4)10-9-15(18)13-5-7-14(16)8-6-13/h5-12H,1-4H3/b10-9+. The fourth-order valence-electron chi connectivity index (χ4n) is 1.80. The molecule has 2 nitrogen and oxygen atoms in total. The quantitative estimate of drug-likeness (QED) is 0.598. The van der Waals surface area contributed by atoms with E-state index in [-0.39, 0.29) is 5.78 Å². The van der Waals surface area contributed by atoms with E-state index in [0.29, 0.717) is 17.6 Å². The predicted octanol–water partition coefficient (Wildman–Crippen LogP) is 4.26. The molecule has 0 heterocycles. The molecule has 0 aromatic heterocycles. The van der Waals surface area contributed by atoms with Gasteiger partial charge < -0.3 is 4.90 Å². The monoisotopic (exact) mass is 309 g/mol. The van der Waals surface area contributed by atoms with Gasteiger partial charge in [0.2, 0.25) is 0 Å². The molecule has 3 heteroatoms. The molecule has 0 radical (unpaired) electrons. The molecule has 0 N–H and O–H groups in total. The van der Waals surface area contributed by atoms with E-state index in [1.54, 1.807) is 6.08 Å². The highest BCUT2D eigenvalue weighted by atomic mass is 79.9. The van der Waals surface area contributed by atoms with Crippen molar-refractivity contribution in [3.05, 3.63) is 46.6 Å². The number of ketones is 1. The van der Waals surface area contributed by atoms with Crippen molar-refractivity contribution in [1.82, 2.24) is 4.90 Å². The van der Waals surface area contributed by atoms with Crippen LogP contribution >= 0.6 is 15.9 Å². The second kappa shape index (κ2) is 6.74. The molecule has 0 aliphatic carbocycles. The zero-order valence-electron chi connectivity index (χ0n) is 11.4. The van der Waals surface area contributed by atoms with Crippen LogP contribution in [0.3, 0.4) is 0 Å². The van der Waals surface area contributed by atoms with Crippen LogP contribution in [0, 0.1) is 0 Å². The van der Waals surface area contributed by atoms with Crippen molar-refractivity contribution in [2.24, 2.45) is 0 Å². The largest absolute Gasteiger partial charge is 0.372 e. The van der Waals surface area contributed by atoms with Gasteiger partial charge in [0.05, 0.1) is 0 Å². The summed E-state index contributed by atoms with van der Waals surface area (Å²) in [6.07, 6.45) is 3.53. The molecule has 0 unspecified atom stereocenters. The van der Waals surface area contributed by atoms with Gasteiger partial charge in [0.1, 0.15) is 0 Å². The highest BCUT2D eigenvalue weighted by Crippen LogP contribution is 2.12. The van der Waals surface area contributed by atoms with Gasteiger partial charge in [0.15, 0.2) is 5.78 Å². The Bertz CT molecular complexity index is 413. The normalized spacial score (nSPS) is 11.5. The molecule has 0 fully saturated rings. The van der Waals surface area contributed by atoms with Crippen molar-refractivity contribution < 1.29 is 4.79 Å². The Hall–Kier alpha value is -1.09. The lowest BCUT2D eigenvalue weighted by molar-refractivity contribution is 0.104. The number of hydrogen-bond acceptors (Lipinski definition) is 2. The van der Waals surface area contributed by atoms with Gasteiger partial charge in [-0.1, -0.05) is 15.9 Å². The third kappa shape index (κ3) is 4.30. The molecule has 0 amide bonds. The molecule has 98 valence electrons. The highest BCUT2D eigenvalue weighted by molar-refractivity contribution is 9.10. The van der Waals surface area contributed by atoms with Gasteiger partial charge in [0.25, 0.3) is 0 Å². The summed E-state index contributed by atoms with van der Waals surface area (Å²) in [4.78, 5) is 14.1. The first-order valence-corrected chi connectivity index (χ1v) is 6.96. The summed E-state index contributed by atoms with van der Waals surface area (Å²) in [6, 6.07) is 8.18. The van der Waals surface area contributed by atoms with E-state index in [9.17, 15) is 4.79 Å². The summed E-state index contributed by atoms with van der Waals surface area (Å²) in [5.74, 6) is 0.0359. The van der Waals surface area contributed by atoms with Crippen molar-refractivity contribution in [2.45, 2.75) is 39.8 Å². The number of rotatable bonds is 5. The zero-order chi connectivity index (χ0) is 13.7. The summed E-state index contributed by atoms with van der Waals surface area (Å²) in [7, 11) is 0. The summed E-state index contributed by atoms with van der Waals surface area (Å²) in [5.41, 5.74) is 0.710. The van der Waals surface area contributed by atoms with E-state index < -0.39 is 0 Å². The molecule has 1 aromatic rings. The molecule has 0 spiro atoms. The number of halogens is 1. The van der Waals surface area contributed by atoms with E-state index in [4.69, 9.17) is 0 Å². The van der Waals surface area contributed by atoms with E-state index in [1.165, 1.54) is 0 Å². The summed E-state index contributed by atoms with van der Waals surface area (Å²) in [6.45, 7) is 8.48. The lowest BCUT2D eigenvalue weighted by Gasteiger charge is -2.29. The second-order valence-electron chi connectivity index (χ2n) is 4.82. The van der Waals surface area contributed by atoms with Gasteiger partial charge in [-0.25, -0.2) is 0 Å². The van der Waals surface area contributed by atoms with Gasteiger partial charge in [-0.3, -0.25) is 4.79 Å². The molecule has 0 atom stereocenters. The lowest BCUT2D eigenvalue weighted by Crippen LogP contribution is -2.32. The van der Waals surface area contributed by atoms with Crippen LogP contribution in [-0.2, 0) is 0 Å². The smallest absolute Gasteiger partial charge is 0.187 e. The first-order valence-electron chi connectivity index (χ1n) is 6.17. The van der Waals surface area contributed by atoms with Crippen LogP contribution in [0.4, 0.5) is 0 Å². The van der Waals surface area contributed by atoms with Crippen molar-refractivity contribution in [3.63, 3.8) is 0 Å². The molecule has 1 aromatic carbocycles. The molecular formula is C15H20BrNO. The Balaban J connectivity index is 2.77. The van der Waals surface area contributed by atoms with E-state index in [1.807, 2.05) is 30.5 Å². The third-order valence-corrected chi connectivity index (χ3v) is 3.25. The summed E-state index contributed by atoms with van der Waals surface area (Å²) >= 11 is 3.36. The van der Waals surface area contributed by atoms with Gasteiger partial charge in [-0.05, 0) is 52.0 Å². The minimum Gasteiger partial charge on any atom is -0.372 e. The van der Waals surface area contributed by atoms with Crippen LogP contribution < -0.4 is 0 Å². The van der Waals surface area contributed by atoms with Crippen LogP contribution in [-0.4, -0.2) is 22.8 Å². The summed E-state index contributed by atoms with van der Waals surface area (Å²) in [5, 5.41) is 0. The Morgan fingerprint density at radius 2 is 1.61 bits per heavy atom. The Morgan fingerprint density at radius 1 is 1.11 bits per heavy atom. The average Bonchev–Trinajstić information content (AvgIpc) is 2.28. The van der Waals surface area contributed by atoms with Crippen molar-refractivity contribution in [1.29, 1.82) is 0 Å². The molecular weight excluding hydrogens is 290 g/mol. The molecule has 0 bridgehead atoms. The van der Waals surface area contributed by atoms with Gasteiger partial charge in [-0.15, -0.1) is 0 Å². The number of carbonyl (C=O) groups is 1. The number of hydrogen-bond donors (Lipinski definition) is 0. The minimum atomic E-state index is 0.0359. The highest BCUT2D eigenvalue weighted by Gasteiger charge is 2.09. The van der Waals surface area contributed by atoms with E-state index in [2.05, 4.69) is 48.5 Å². The molecule has 1 rings (SSSR count). The summed E-state index contributed by atoms with van der Waals surface area (Å²) < 4.78 is 0.981. The SMILES string of the molecule is CC(C)N(/C=C/C(=O)c1ccc(Br)cc1)C(C)C. The first kappa shape index (κ1) is 15.0. The van der Waals surface area contributed by atoms with Gasteiger partial charge in [0, 0.05) is 34.4 Å². The Labute approximate surface area is 118 Å². The Morgan fingerprint density at radius 3 is 2.06 bits per heavy atom. The molecule has 0 aliphatic rings. The van der Waals surface area contributed by atoms with E-state index in [0.717, 1.165) is 4.47 Å². The fraction of sp³-hybridized carbons (Fsp3) is 0.400. The fourth-order valence-corrected chi connectivity index (χ4v) is 2.07. The van der Waals surface area contributed by atoms with E-state index >= 15 is 0 Å². The van der Waals surface area contributed by atoms with Gasteiger partial charge >= 0.3 is 0 Å². The van der Waals surface area contributed by atoms with Crippen LogP contribution in [0.1, 0.15) is 38.1 Å². The van der Waals surface area contributed by atoms with Crippen molar-refractivity contribution in [2.75, 3.05) is 0 Å². The maximum Gasteiger partial charge on any atom is 0.187 e. The van der Waals surface area contributed by atoms with Crippen molar-refractivity contribution >= 4 is 21.7 Å². The number of nitrogens with zero attached hydrogens (tertiary/aromatic N) is 1. The maximum atomic E-state index is 12.0. The minimum absolute atomic E-state index is 0.0359. The predicted molar refractivity (Wildman–Crippen MR) is 79.7 cm³/mol. The van der Waals surface area contributed by atoms with Gasteiger partial charge in [-0.2, -0.15) is 0 Å². The number of benzene rings is 1. The maximum absolute atomic E-state index is 12.0. The number of allylic oxidation sites excluding steroid dienone is 1. The first-order chi connectivity index (χ1) is 8.41. The lowest BCUT2D eigenvalue weighted by atomic mass is 10.1. The van der Waals surface area contributed by atoms with Crippen LogP contribution in [0.2, 0.25) is 0 Å². The second-order valence-corrected chi connectivity index (χ2v) is 5.74. The van der Waals surface area contributed by atoms with Crippen LogP contribution in [0.5, 0.6) is 0 Å². The van der Waals surface area contributed by atoms with Crippen LogP contribution in [0.25, 0.3) is 0 Å². The topological polar surface area (TPSA) is 20.3 Å². The average molecular weight is 310 g/mol. The van der Waals surface area contributed by atoms with Crippen molar-refractivity contribution in [3.8, 4) is 0 Å². The number of carbonyl (C=O) groups excluding carboxylic acids is 1. The molecule has 0 saturated heterocycles. The Kier molecular flexibility index (Phi) is 5.60. The third-order valence-electron chi connectivity index (χ3n) is 2.72. The molecule has 0 saturated carbocycles. The molecule has 18 heavy (non-hydrogen) atoms. The molecule has 0 aliphatic heterocycles.